The van der Waals surface area contributed by atoms with Crippen molar-refractivity contribution in [2.45, 2.75) is 17.7 Å². The van der Waals surface area contributed by atoms with Gasteiger partial charge in [-0.05, 0) is 0 Å². The number of benzene rings is 2. The molecule has 0 fully saturated rings. The minimum absolute atomic E-state index is 0.236. The van der Waals surface area contributed by atoms with Crippen molar-refractivity contribution in [2.75, 3.05) is 13.7 Å². The van der Waals surface area contributed by atoms with Gasteiger partial charge in [-0.3, -0.25) is 0 Å². The van der Waals surface area contributed by atoms with E-state index < -0.39 is 21.9 Å². The second-order valence-electron chi connectivity index (χ2n) is 6.20. The molecule has 1 atom stereocenters. The first-order valence-corrected chi connectivity index (χ1v) is 11.0. The predicted octanol–water partition coefficient (Wildman–Crippen LogP) is 2.41. The van der Waals surface area contributed by atoms with Crippen LogP contribution < -0.4 is 9.22 Å². The van der Waals surface area contributed by atoms with Crippen molar-refractivity contribution in [3.8, 4) is 22.9 Å². The van der Waals surface area contributed by atoms with Gasteiger partial charge in [0.2, 0.25) is 0 Å². The summed E-state index contributed by atoms with van der Waals surface area (Å²) in [4.78, 5) is 4.58. The summed E-state index contributed by atoms with van der Waals surface area (Å²) in [5, 5.41) is 30.6. The molecular weight excluding hydrogens is 422 g/mol. The summed E-state index contributed by atoms with van der Waals surface area (Å²) in [5.41, 5.74) is 1.40. The number of ether oxygens (including phenoxy) is 1. The molecule has 28 heavy (non-hydrogen) atoms. The fraction of sp³-hybridized carbons (Fsp3) is 0.238. The van der Waals surface area contributed by atoms with Gasteiger partial charge in [-0.1, -0.05) is 0 Å². The number of aromatic nitrogens is 1. The van der Waals surface area contributed by atoms with Gasteiger partial charge in [0.05, 0.1) is 0 Å². The van der Waals surface area contributed by atoms with E-state index in [1.54, 1.807) is 19.2 Å². The number of pyridine rings is 1. The molecule has 0 saturated carbocycles. The Labute approximate surface area is 169 Å². The quantitative estimate of drug-likeness (QED) is 0.550. The van der Waals surface area contributed by atoms with Crippen LogP contribution in [0, 0.1) is 17.1 Å². The number of aliphatic hydroxyl groups is 2. The van der Waals surface area contributed by atoms with Crippen LogP contribution in [-0.4, -0.2) is 50.8 Å². The second kappa shape index (κ2) is 9.16. The van der Waals surface area contributed by atoms with Crippen molar-refractivity contribution in [3.63, 3.8) is 0 Å². The molecule has 0 amide bonds. The molecule has 0 aliphatic rings. The second-order valence-corrected chi connectivity index (χ2v) is 8.69. The Morgan fingerprint density at radius 2 is 2.07 bits per heavy atom. The molecule has 0 spiro atoms. The van der Waals surface area contributed by atoms with E-state index in [-0.39, 0.29) is 18.1 Å². The van der Waals surface area contributed by atoms with E-state index in [1.807, 2.05) is 18.2 Å². The molecule has 0 aliphatic heterocycles. The molecule has 0 unspecified atom stereocenters. The van der Waals surface area contributed by atoms with Crippen LogP contribution in [0.25, 0.3) is 21.9 Å². The zero-order valence-corrected chi connectivity index (χ0v) is 17.1. The van der Waals surface area contributed by atoms with Crippen molar-refractivity contribution >= 4 is 31.0 Å². The van der Waals surface area contributed by atoms with Crippen LogP contribution in [0.4, 0.5) is 4.39 Å². The van der Waals surface area contributed by atoms with E-state index in [2.05, 4.69) is 11.1 Å². The normalized spacial score (nSPS) is 12.4. The zero-order chi connectivity index (χ0) is 20.1. The zero-order valence-electron chi connectivity index (χ0n) is 15.3. The monoisotopic (exact) mass is 441 g/mol. The number of fused-ring (bicyclic) bond motifs is 1. The van der Waals surface area contributed by atoms with Gasteiger partial charge in [0.25, 0.3) is 0 Å². The molecular formula is C21H19AsFN2O3. The maximum absolute atomic E-state index is 13.8. The molecule has 0 saturated heterocycles. The van der Waals surface area contributed by atoms with Crippen LogP contribution in [0.2, 0.25) is 5.21 Å². The Bertz CT molecular complexity index is 1040. The van der Waals surface area contributed by atoms with Gasteiger partial charge in [-0.25, -0.2) is 0 Å². The Kier molecular flexibility index (Phi) is 6.64. The van der Waals surface area contributed by atoms with E-state index in [1.165, 1.54) is 12.1 Å². The fourth-order valence-electron chi connectivity index (χ4n) is 2.95. The topological polar surface area (TPSA) is 86.4 Å². The number of nitriles is 1. The van der Waals surface area contributed by atoms with Gasteiger partial charge in [-0.15, -0.1) is 0 Å². The van der Waals surface area contributed by atoms with Crippen molar-refractivity contribution in [1.82, 2.24) is 4.98 Å². The SMILES string of the molecule is COc1ccc2c([As]CC[C@@H](O)CO)nc(C#N)c(-c3cccc(F)c3)c2c1. The summed E-state index contributed by atoms with van der Waals surface area (Å²) in [6, 6.07) is 13.8. The molecule has 5 nitrogen and oxygen atoms in total. The van der Waals surface area contributed by atoms with Gasteiger partial charge in [0.15, 0.2) is 0 Å². The third-order valence-corrected chi connectivity index (χ3v) is 6.70. The standard InChI is InChI=1S/C21H19AsFN2O3/c1-28-16-5-6-17-18(10-16)20(13-3-2-4-14(23)9-13)19(11-24)25-21(17)22-8-7-15(27)12-26/h2-6,9-10,15,26-27H,7-8,12H2,1H3/t15-/m1/s1. The van der Waals surface area contributed by atoms with E-state index in [9.17, 15) is 14.8 Å². The maximum atomic E-state index is 13.8. The van der Waals surface area contributed by atoms with E-state index in [0.29, 0.717) is 28.5 Å². The van der Waals surface area contributed by atoms with Crippen molar-refractivity contribution in [3.05, 3.63) is 54.0 Å². The summed E-state index contributed by atoms with van der Waals surface area (Å²) in [6.45, 7) is -0.269. The van der Waals surface area contributed by atoms with Crippen molar-refractivity contribution < 1.29 is 19.3 Å². The molecule has 1 aromatic heterocycles. The third kappa shape index (κ3) is 4.34. The molecule has 0 aliphatic carbocycles. The Hall–Kier alpha value is -2.45. The average Bonchev–Trinajstić information content (AvgIpc) is 2.72. The summed E-state index contributed by atoms with van der Waals surface area (Å²) < 4.78 is 20.0. The fourth-order valence-corrected chi connectivity index (χ4v) is 5.42. The number of hydrogen-bond acceptors (Lipinski definition) is 5. The van der Waals surface area contributed by atoms with Crippen LogP contribution >= 0.6 is 0 Å². The van der Waals surface area contributed by atoms with Gasteiger partial charge in [-0.2, -0.15) is 0 Å². The summed E-state index contributed by atoms with van der Waals surface area (Å²) in [6.07, 6.45) is -0.271. The minimum atomic E-state index is -0.747. The summed E-state index contributed by atoms with van der Waals surface area (Å²) in [5.74, 6) is 0.254. The van der Waals surface area contributed by atoms with Crippen LogP contribution in [-0.2, 0) is 0 Å². The van der Waals surface area contributed by atoms with E-state index in [0.717, 1.165) is 15.3 Å². The van der Waals surface area contributed by atoms with Crippen molar-refractivity contribution in [1.29, 1.82) is 5.26 Å². The van der Waals surface area contributed by atoms with E-state index >= 15 is 0 Å². The predicted molar refractivity (Wildman–Crippen MR) is 106 cm³/mol. The number of aliphatic hydroxyl groups excluding tert-OH is 2. The van der Waals surface area contributed by atoms with Gasteiger partial charge >= 0.3 is 169 Å². The molecule has 7 heteroatoms. The van der Waals surface area contributed by atoms with E-state index in [4.69, 9.17) is 9.84 Å². The first-order chi connectivity index (χ1) is 13.6. The number of rotatable bonds is 7. The Morgan fingerprint density at radius 1 is 1.25 bits per heavy atom. The first-order valence-electron chi connectivity index (χ1n) is 8.71. The molecule has 1 heterocycles. The van der Waals surface area contributed by atoms with Crippen LogP contribution in [0.5, 0.6) is 5.75 Å². The molecule has 2 aromatic carbocycles. The Morgan fingerprint density at radius 3 is 2.75 bits per heavy atom. The van der Waals surface area contributed by atoms with Crippen LogP contribution in [0.3, 0.4) is 0 Å². The number of nitrogens with zero attached hydrogens (tertiary/aromatic N) is 2. The first kappa shape index (κ1) is 20.3. The van der Waals surface area contributed by atoms with Crippen molar-refractivity contribution in [2.24, 2.45) is 0 Å². The van der Waals surface area contributed by atoms with Gasteiger partial charge in [0.1, 0.15) is 0 Å². The number of halogens is 1. The molecule has 2 N–H and O–H groups in total. The molecule has 1 radical (unpaired) electrons. The molecule has 0 bridgehead atoms. The third-order valence-electron chi connectivity index (χ3n) is 4.35. The van der Waals surface area contributed by atoms with Gasteiger partial charge in [0, 0.05) is 0 Å². The molecule has 143 valence electrons. The van der Waals surface area contributed by atoms with Crippen LogP contribution in [0.1, 0.15) is 12.1 Å². The van der Waals surface area contributed by atoms with Crippen LogP contribution in [0.15, 0.2) is 42.5 Å². The number of methoxy groups -OCH3 is 1. The number of hydrogen-bond donors (Lipinski definition) is 2. The Balaban J connectivity index is 2.17. The molecule has 3 rings (SSSR count). The summed E-state index contributed by atoms with van der Waals surface area (Å²) in [7, 11) is 1.57. The summed E-state index contributed by atoms with van der Waals surface area (Å²) >= 11 is -0.423. The van der Waals surface area contributed by atoms with Gasteiger partial charge < -0.3 is 0 Å². The average molecular weight is 441 g/mol. The molecule has 3 aromatic rings.